The summed E-state index contributed by atoms with van der Waals surface area (Å²) in [5, 5.41) is 21.4. The summed E-state index contributed by atoms with van der Waals surface area (Å²) in [6.07, 6.45) is 7.19. The Kier molecular flexibility index (Phi) is 5.88. The van der Waals surface area contributed by atoms with Crippen LogP contribution in [0.5, 0.6) is 0 Å². The number of aliphatic hydroxyl groups is 2. The molecule has 2 rings (SSSR count). The lowest BCUT2D eigenvalue weighted by atomic mass is 9.82. The van der Waals surface area contributed by atoms with Gasteiger partial charge in [-0.1, -0.05) is 38.2 Å². The summed E-state index contributed by atoms with van der Waals surface area (Å²) in [5.74, 6) is 0.212. The van der Waals surface area contributed by atoms with E-state index in [0.29, 0.717) is 12.8 Å². The number of allylic oxidation sites excluding steroid dienone is 1. The molecule has 3 heteroatoms. The second kappa shape index (κ2) is 7.33. The van der Waals surface area contributed by atoms with Gasteiger partial charge in [0.1, 0.15) is 6.10 Å². The van der Waals surface area contributed by atoms with E-state index in [-0.39, 0.29) is 12.0 Å². The predicted molar refractivity (Wildman–Crippen MR) is 94.2 cm³/mol. The lowest BCUT2D eigenvalue weighted by Crippen LogP contribution is -2.48. The van der Waals surface area contributed by atoms with Gasteiger partial charge < -0.3 is 14.9 Å². The van der Waals surface area contributed by atoms with Crippen molar-refractivity contribution in [3.8, 4) is 0 Å². The van der Waals surface area contributed by atoms with E-state index in [2.05, 4.69) is 33.4 Å². The summed E-state index contributed by atoms with van der Waals surface area (Å²) in [6, 6.07) is 0. The lowest BCUT2D eigenvalue weighted by molar-refractivity contribution is -0.137. The molecule has 0 aliphatic carbocycles. The van der Waals surface area contributed by atoms with Crippen LogP contribution in [0.25, 0.3) is 0 Å². The Morgan fingerprint density at radius 3 is 2.74 bits per heavy atom. The van der Waals surface area contributed by atoms with Crippen molar-refractivity contribution < 1.29 is 14.9 Å². The van der Waals surface area contributed by atoms with Crippen LogP contribution in [-0.2, 0) is 4.74 Å². The van der Waals surface area contributed by atoms with Crippen molar-refractivity contribution in [1.82, 2.24) is 0 Å². The Morgan fingerprint density at radius 1 is 1.39 bits per heavy atom. The highest BCUT2D eigenvalue weighted by atomic mass is 16.5. The minimum Gasteiger partial charge on any atom is -0.388 e. The van der Waals surface area contributed by atoms with Crippen LogP contribution in [0.15, 0.2) is 35.5 Å². The first kappa shape index (κ1) is 18.4. The van der Waals surface area contributed by atoms with Crippen LogP contribution < -0.4 is 0 Å². The molecule has 2 aliphatic heterocycles. The number of hydrogen-bond donors (Lipinski definition) is 2. The van der Waals surface area contributed by atoms with Gasteiger partial charge in [-0.3, -0.25) is 0 Å². The van der Waals surface area contributed by atoms with E-state index in [1.807, 2.05) is 13.0 Å². The quantitative estimate of drug-likeness (QED) is 0.720. The van der Waals surface area contributed by atoms with Crippen LogP contribution in [0.1, 0.15) is 59.8 Å². The average Bonchev–Trinajstić information content (AvgIpc) is 2.43. The fourth-order valence-electron chi connectivity index (χ4n) is 3.51. The minimum absolute atomic E-state index is 0.00448. The molecule has 2 bridgehead atoms. The van der Waals surface area contributed by atoms with Gasteiger partial charge >= 0.3 is 0 Å². The number of ether oxygens (including phenoxy) is 1. The Hall–Kier alpha value is -0.900. The third-order valence-electron chi connectivity index (χ3n) is 5.16. The fourth-order valence-corrected chi connectivity index (χ4v) is 3.51. The van der Waals surface area contributed by atoms with Gasteiger partial charge in [0.2, 0.25) is 0 Å². The van der Waals surface area contributed by atoms with Crippen LogP contribution in [0.2, 0.25) is 0 Å². The fraction of sp³-hybridized carbons (Fsp3) is 0.700. The van der Waals surface area contributed by atoms with Gasteiger partial charge in [-0.2, -0.15) is 0 Å². The van der Waals surface area contributed by atoms with Crippen molar-refractivity contribution >= 4 is 0 Å². The van der Waals surface area contributed by atoms with E-state index in [0.717, 1.165) is 30.4 Å². The molecule has 23 heavy (non-hydrogen) atoms. The second-order valence-corrected chi connectivity index (χ2v) is 7.73. The molecule has 1 fully saturated rings. The van der Waals surface area contributed by atoms with Gasteiger partial charge in [-0.15, -0.1) is 0 Å². The van der Waals surface area contributed by atoms with Gasteiger partial charge in [0, 0.05) is 0 Å². The van der Waals surface area contributed by atoms with Crippen molar-refractivity contribution in [3.63, 3.8) is 0 Å². The monoisotopic (exact) mass is 320 g/mol. The third-order valence-corrected chi connectivity index (χ3v) is 5.16. The molecule has 2 aliphatic rings. The summed E-state index contributed by atoms with van der Waals surface area (Å²) >= 11 is 0. The molecule has 0 spiro atoms. The number of hydrogen-bond acceptors (Lipinski definition) is 3. The zero-order valence-electron chi connectivity index (χ0n) is 15.0. The Labute approximate surface area is 140 Å². The van der Waals surface area contributed by atoms with Crippen molar-refractivity contribution in [2.45, 2.75) is 83.7 Å². The number of aliphatic hydroxyl groups excluding tert-OH is 1. The van der Waals surface area contributed by atoms with Gasteiger partial charge in [-0.25, -0.2) is 0 Å². The third kappa shape index (κ3) is 4.56. The minimum atomic E-state index is -0.897. The molecule has 4 atom stereocenters. The molecule has 0 amide bonds. The largest absolute Gasteiger partial charge is 0.388 e. The molecule has 1 saturated heterocycles. The van der Waals surface area contributed by atoms with Crippen LogP contribution in [0.4, 0.5) is 0 Å². The Balaban J connectivity index is 2.39. The van der Waals surface area contributed by atoms with Gasteiger partial charge in [0.05, 0.1) is 17.8 Å². The van der Waals surface area contributed by atoms with Crippen LogP contribution in [0.3, 0.4) is 0 Å². The molecule has 2 heterocycles. The number of rotatable bonds is 1. The maximum absolute atomic E-state index is 10.7. The summed E-state index contributed by atoms with van der Waals surface area (Å²) < 4.78 is 6.18. The summed E-state index contributed by atoms with van der Waals surface area (Å²) in [6.45, 7) is 12.3. The van der Waals surface area contributed by atoms with Gasteiger partial charge in [0.15, 0.2) is 0 Å². The van der Waals surface area contributed by atoms with Crippen LogP contribution in [0, 0.1) is 5.92 Å². The summed E-state index contributed by atoms with van der Waals surface area (Å²) in [5.41, 5.74) is 2.37. The van der Waals surface area contributed by atoms with E-state index in [4.69, 9.17) is 4.74 Å². The highest BCUT2D eigenvalue weighted by Gasteiger charge is 2.39. The maximum Gasteiger partial charge on any atom is 0.105 e. The normalized spacial score (nSPS) is 41.3. The van der Waals surface area contributed by atoms with Crippen molar-refractivity contribution in [2.24, 2.45) is 5.92 Å². The topological polar surface area (TPSA) is 49.7 Å². The van der Waals surface area contributed by atoms with E-state index in [9.17, 15) is 10.2 Å². The highest BCUT2D eigenvalue weighted by molar-refractivity contribution is 5.21. The average molecular weight is 320 g/mol. The molecule has 0 aromatic heterocycles. The lowest BCUT2D eigenvalue weighted by Gasteiger charge is -2.41. The Bertz CT molecular complexity index is 499. The molecule has 3 nitrogen and oxygen atoms in total. The zero-order valence-corrected chi connectivity index (χ0v) is 15.0. The van der Waals surface area contributed by atoms with Gasteiger partial charge in [-0.05, 0) is 63.0 Å². The molecule has 0 radical (unpaired) electrons. The molecule has 0 unspecified atom stereocenters. The molecule has 0 aromatic rings. The highest BCUT2D eigenvalue weighted by Crippen LogP contribution is 2.35. The first-order valence-electron chi connectivity index (χ1n) is 8.81. The van der Waals surface area contributed by atoms with Crippen LogP contribution in [-0.4, -0.2) is 34.1 Å². The smallest absolute Gasteiger partial charge is 0.105 e. The predicted octanol–water partition coefficient (Wildman–Crippen LogP) is 3.91. The standard InChI is InChI=1S/C20H32O3/c1-13(2)16-12-19-20(5,22)10-9-18(23-19)15(4)8-6-7-14(3)11-17(16)21/h7,12-13,17-19,21-22H,4,6,8-11H2,1-3,5H3/b14-7+,16-12-/t17-,18+,19+,20-/m0/s1. The second-order valence-electron chi connectivity index (χ2n) is 7.73. The molecule has 0 saturated carbocycles. The first-order chi connectivity index (χ1) is 10.7. The van der Waals surface area contributed by atoms with Crippen molar-refractivity contribution in [1.29, 1.82) is 0 Å². The van der Waals surface area contributed by atoms with E-state index < -0.39 is 17.8 Å². The Morgan fingerprint density at radius 2 is 2.09 bits per heavy atom. The van der Waals surface area contributed by atoms with Crippen molar-refractivity contribution in [3.05, 3.63) is 35.5 Å². The maximum atomic E-state index is 10.7. The zero-order chi connectivity index (χ0) is 17.2. The first-order valence-corrected chi connectivity index (χ1v) is 8.81. The van der Waals surface area contributed by atoms with Gasteiger partial charge in [0.25, 0.3) is 0 Å². The van der Waals surface area contributed by atoms with E-state index >= 15 is 0 Å². The molecular formula is C20H32O3. The molecule has 2 N–H and O–H groups in total. The summed E-state index contributed by atoms with van der Waals surface area (Å²) in [7, 11) is 0. The molecular weight excluding hydrogens is 288 g/mol. The molecule has 0 aromatic carbocycles. The SMILES string of the molecule is C=C1CC/C=C(\C)C[C@H](O)/C(C(C)C)=C\[C@H]2O[C@@H]1CC[C@]2(C)O. The number of fused-ring (bicyclic) bond motifs is 2. The van der Waals surface area contributed by atoms with Crippen LogP contribution >= 0.6 is 0 Å². The molecule has 130 valence electrons. The van der Waals surface area contributed by atoms with E-state index in [1.54, 1.807) is 0 Å². The van der Waals surface area contributed by atoms with E-state index in [1.165, 1.54) is 5.57 Å². The van der Waals surface area contributed by atoms with Crippen molar-refractivity contribution in [2.75, 3.05) is 0 Å². The summed E-state index contributed by atoms with van der Waals surface area (Å²) in [4.78, 5) is 0.